The quantitative estimate of drug-likeness (QED) is 0.854. The summed E-state index contributed by atoms with van der Waals surface area (Å²) in [5, 5.41) is 0. The third kappa shape index (κ3) is 2.87. The van der Waals surface area contributed by atoms with Crippen LogP contribution in [0.1, 0.15) is 22.3 Å². The molecule has 0 saturated carbocycles. The molecule has 0 unspecified atom stereocenters. The number of anilines is 1. The highest BCUT2D eigenvalue weighted by atomic mass is 19.1. The van der Waals surface area contributed by atoms with Crippen LogP contribution < -0.4 is 10.5 Å². The summed E-state index contributed by atoms with van der Waals surface area (Å²) in [6.45, 7) is 3.95. The summed E-state index contributed by atoms with van der Waals surface area (Å²) < 4.78 is 18.6. The molecule has 2 N–H and O–H groups in total. The van der Waals surface area contributed by atoms with Crippen LogP contribution in [0.5, 0.6) is 5.75 Å². The van der Waals surface area contributed by atoms with Gasteiger partial charge >= 0.3 is 0 Å². The Morgan fingerprint density at radius 1 is 1.11 bits per heavy atom. The van der Waals surface area contributed by atoms with E-state index in [1.165, 1.54) is 6.07 Å². The van der Waals surface area contributed by atoms with Crippen LogP contribution in [0.2, 0.25) is 0 Å². The Kier molecular flexibility index (Phi) is 3.74. The molecule has 0 radical (unpaired) electrons. The molecule has 0 aliphatic heterocycles. The van der Waals surface area contributed by atoms with Gasteiger partial charge in [-0.25, -0.2) is 4.39 Å². The van der Waals surface area contributed by atoms with E-state index >= 15 is 0 Å². The lowest BCUT2D eigenvalue weighted by atomic mass is 9.96. The fourth-order valence-electron chi connectivity index (χ4n) is 2.11. The Labute approximate surface area is 113 Å². The van der Waals surface area contributed by atoms with Crippen molar-refractivity contribution in [2.75, 3.05) is 12.8 Å². The Hall–Kier alpha value is -2.03. The van der Waals surface area contributed by atoms with Crippen molar-refractivity contribution >= 4 is 5.69 Å². The van der Waals surface area contributed by atoms with Crippen molar-refractivity contribution in [3.8, 4) is 5.75 Å². The Balaban J connectivity index is 2.42. The minimum absolute atomic E-state index is 0.214. The van der Waals surface area contributed by atoms with Crippen LogP contribution in [0, 0.1) is 19.7 Å². The second-order valence-corrected chi connectivity index (χ2v) is 4.75. The van der Waals surface area contributed by atoms with Gasteiger partial charge in [-0.15, -0.1) is 0 Å². The van der Waals surface area contributed by atoms with Gasteiger partial charge in [0.25, 0.3) is 0 Å². The first-order chi connectivity index (χ1) is 9.01. The monoisotopic (exact) mass is 259 g/mol. The summed E-state index contributed by atoms with van der Waals surface area (Å²) in [5.41, 5.74) is 10.8. The highest BCUT2D eigenvalue weighted by Crippen LogP contribution is 2.26. The fraction of sp³-hybridized carbons (Fsp3) is 0.250. The molecule has 2 rings (SSSR count). The highest BCUT2D eigenvalue weighted by molar-refractivity contribution is 5.56. The molecule has 0 amide bonds. The third-order valence-corrected chi connectivity index (χ3v) is 3.46. The number of ether oxygens (including phenoxy) is 1. The summed E-state index contributed by atoms with van der Waals surface area (Å²) in [7, 11) is 1.61. The molecule has 0 spiro atoms. The van der Waals surface area contributed by atoms with Gasteiger partial charge in [0.1, 0.15) is 11.6 Å². The molecule has 0 fully saturated rings. The predicted octanol–water partition coefficient (Wildman–Crippen LogP) is 3.62. The standard InChI is InChI=1S/C16H18FNO/c1-10-4-5-14(17)7-12(10)6-13-8-15(19-3)9-16(18)11(13)2/h4-5,7-9H,6,18H2,1-3H3. The van der Waals surface area contributed by atoms with Crippen LogP contribution in [0.15, 0.2) is 30.3 Å². The second-order valence-electron chi connectivity index (χ2n) is 4.75. The van der Waals surface area contributed by atoms with E-state index in [9.17, 15) is 4.39 Å². The summed E-state index contributed by atoms with van der Waals surface area (Å²) in [6, 6.07) is 8.60. The van der Waals surface area contributed by atoms with Gasteiger partial charge in [0.05, 0.1) is 7.11 Å². The molecule has 2 nitrogen and oxygen atoms in total. The first kappa shape index (κ1) is 13.4. The maximum atomic E-state index is 13.3. The zero-order valence-electron chi connectivity index (χ0n) is 11.5. The van der Waals surface area contributed by atoms with Crippen LogP contribution in [0.25, 0.3) is 0 Å². The molecule has 0 bridgehead atoms. The number of nitrogen functional groups attached to an aromatic ring is 1. The first-order valence-corrected chi connectivity index (χ1v) is 6.19. The van der Waals surface area contributed by atoms with Gasteiger partial charge in [-0.05, 0) is 60.7 Å². The Morgan fingerprint density at radius 3 is 2.53 bits per heavy atom. The molecule has 0 aliphatic rings. The number of methoxy groups -OCH3 is 1. The third-order valence-electron chi connectivity index (χ3n) is 3.46. The van der Waals surface area contributed by atoms with Crippen LogP contribution >= 0.6 is 0 Å². The normalized spacial score (nSPS) is 10.5. The zero-order chi connectivity index (χ0) is 14.0. The van der Waals surface area contributed by atoms with Crippen LogP contribution in [-0.2, 0) is 6.42 Å². The van der Waals surface area contributed by atoms with Crippen LogP contribution in [-0.4, -0.2) is 7.11 Å². The highest BCUT2D eigenvalue weighted by Gasteiger charge is 2.08. The number of halogens is 1. The van der Waals surface area contributed by atoms with E-state index in [-0.39, 0.29) is 5.82 Å². The minimum Gasteiger partial charge on any atom is -0.497 e. The number of aryl methyl sites for hydroxylation is 1. The van der Waals surface area contributed by atoms with Gasteiger partial charge in [0.2, 0.25) is 0 Å². The summed E-state index contributed by atoms with van der Waals surface area (Å²) in [4.78, 5) is 0. The molecule has 19 heavy (non-hydrogen) atoms. The molecular formula is C16H18FNO. The molecule has 0 heterocycles. The largest absolute Gasteiger partial charge is 0.497 e. The molecule has 0 aromatic heterocycles. The van der Waals surface area contributed by atoms with E-state index < -0.39 is 0 Å². The maximum absolute atomic E-state index is 13.3. The maximum Gasteiger partial charge on any atom is 0.123 e. The number of hydrogen-bond donors (Lipinski definition) is 1. The van der Waals surface area contributed by atoms with Gasteiger partial charge in [0, 0.05) is 11.8 Å². The summed E-state index contributed by atoms with van der Waals surface area (Å²) in [6.07, 6.45) is 0.650. The summed E-state index contributed by atoms with van der Waals surface area (Å²) >= 11 is 0. The first-order valence-electron chi connectivity index (χ1n) is 6.19. The van der Waals surface area contributed by atoms with E-state index in [0.29, 0.717) is 12.1 Å². The number of nitrogens with two attached hydrogens (primary N) is 1. The number of benzene rings is 2. The van der Waals surface area contributed by atoms with Crippen LogP contribution in [0.4, 0.5) is 10.1 Å². The molecule has 100 valence electrons. The lowest BCUT2D eigenvalue weighted by Gasteiger charge is -2.13. The SMILES string of the molecule is COc1cc(N)c(C)c(Cc2cc(F)ccc2C)c1. The average molecular weight is 259 g/mol. The van der Waals surface area contributed by atoms with Crippen molar-refractivity contribution in [2.45, 2.75) is 20.3 Å². The Bertz CT molecular complexity index is 608. The van der Waals surface area contributed by atoms with Crippen molar-refractivity contribution in [3.63, 3.8) is 0 Å². The molecule has 0 saturated heterocycles. The van der Waals surface area contributed by atoms with Gasteiger partial charge in [0.15, 0.2) is 0 Å². The molecule has 0 aliphatic carbocycles. The predicted molar refractivity (Wildman–Crippen MR) is 76.1 cm³/mol. The average Bonchev–Trinajstić information content (AvgIpc) is 2.38. The minimum atomic E-state index is -0.214. The Morgan fingerprint density at radius 2 is 1.84 bits per heavy atom. The van der Waals surface area contributed by atoms with Crippen molar-refractivity contribution in [2.24, 2.45) is 0 Å². The second kappa shape index (κ2) is 5.31. The van der Waals surface area contributed by atoms with Gasteiger partial charge in [-0.1, -0.05) is 6.07 Å². The van der Waals surface area contributed by atoms with E-state index in [1.807, 2.05) is 19.9 Å². The smallest absolute Gasteiger partial charge is 0.123 e. The van der Waals surface area contributed by atoms with Gasteiger partial charge < -0.3 is 10.5 Å². The molecule has 3 heteroatoms. The van der Waals surface area contributed by atoms with E-state index in [0.717, 1.165) is 28.0 Å². The zero-order valence-corrected chi connectivity index (χ0v) is 11.5. The van der Waals surface area contributed by atoms with E-state index in [1.54, 1.807) is 25.3 Å². The number of rotatable bonds is 3. The topological polar surface area (TPSA) is 35.2 Å². The molecular weight excluding hydrogens is 241 g/mol. The lowest BCUT2D eigenvalue weighted by molar-refractivity contribution is 0.414. The lowest BCUT2D eigenvalue weighted by Crippen LogP contribution is -2.00. The van der Waals surface area contributed by atoms with Crippen molar-refractivity contribution in [1.29, 1.82) is 0 Å². The fourth-order valence-corrected chi connectivity index (χ4v) is 2.11. The van der Waals surface area contributed by atoms with Crippen molar-refractivity contribution in [1.82, 2.24) is 0 Å². The van der Waals surface area contributed by atoms with Crippen molar-refractivity contribution in [3.05, 3.63) is 58.4 Å². The molecule has 2 aromatic carbocycles. The van der Waals surface area contributed by atoms with E-state index in [4.69, 9.17) is 10.5 Å². The van der Waals surface area contributed by atoms with E-state index in [2.05, 4.69) is 0 Å². The van der Waals surface area contributed by atoms with Crippen LogP contribution in [0.3, 0.4) is 0 Å². The van der Waals surface area contributed by atoms with Crippen molar-refractivity contribution < 1.29 is 9.13 Å². The number of hydrogen-bond acceptors (Lipinski definition) is 2. The van der Waals surface area contributed by atoms with Gasteiger partial charge in [-0.2, -0.15) is 0 Å². The molecule has 0 atom stereocenters. The van der Waals surface area contributed by atoms with Gasteiger partial charge in [-0.3, -0.25) is 0 Å². The molecule has 2 aromatic rings. The summed E-state index contributed by atoms with van der Waals surface area (Å²) in [5.74, 6) is 0.515.